The van der Waals surface area contributed by atoms with Crippen LogP contribution in [0.15, 0.2) is 41.3 Å². The van der Waals surface area contributed by atoms with Crippen molar-refractivity contribution < 1.29 is 13.2 Å². The second kappa shape index (κ2) is 7.92. The summed E-state index contributed by atoms with van der Waals surface area (Å²) in [4.78, 5) is 2.21. The maximum atomic E-state index is 12.6. The molecule has 0 atom stereocenters. The maximum absolute atomic E-state index is 12.6. The van der Waals surface area contributed by atoms with Crippen LogP contribution in [0.3, 0.4) is 0 Å². The number of rotatable bonds is 5. The third-order valence-electron chi connectivity index (χ3n) is 4.09. The summed E-state index contributed by atoms with van der Waals surface area (Å²) in [6.45, 7) is 3.36. The molecule has 2 aromatic carbocycles. The average molecular weight is 416 g/mol. The highest BCUT2D eigenvalue weighted by Crippen LogP contribution is 2.33. The van der Waals surface area contributed by atoms with Crippen molar-refractivity contribution in [2.24, 2.45) is 0 Å². The van der Waals surface area contributed by atoms with E-state index in [2.05, 4.69) is 14.9 Å². The average Bonchev–Trinajstić information content (AvgIpc) is 2.64. The van der Waals surface area contributed by atoms with Gasteiger partial charge in [-0.25, -0.2) is 8.42 Å². The molecule has 0 bridgehead atoms. The Labute approximate surface area is 163 Å². The van der Waals surface area contributed by atoms with Gasteiger partial charge in [-0.05, 0) is 36.4 Å². The zero-order valence-electron chi connectivity index (χ0n) is 14.1. The number of methoxy groups -OCH3 is 1. The van der Waals surface area contributed by atoms with Crippen LogP contribution in [-0.4, -0.2) is 41.7 Å². The molecular weight excluding hydrogens is 397 g/mol. The second-order valence-corrected chi connectivity index (χ2v) is 8.30. The van der Waals surface area contributed by atoms with E-state index in [1.807, 2.05) is 0 Å². The molecule has 1 aliphatic heterocycles. The Bertz CT molecular complexity index is 900. The van der Waals surface area contributed by atoms with E-state index in [1.165, 1.54) is 18.2 Å². The van der Waals surface area contributed by atoms with Crippen LogP contribution in [0.4, 0.5) is 11.4 Å². The minimum Gasteiger partial charge on any atom is -0.495 e. The summed E-state index contributed by atoms with van der Waals surface area (Å²) in [5.41, 5.74) is 1.30. The van der Waals surface area contributed by atoms with Crippen molar-refractivity contribution in [2.45, 2.75) is 4.90 Å². The van der Waals surface area contributed by atoms with E-state index < -0.39 is 10.0 Å². The van der Waals surface area contributed by atoms with Gasteiger partial charge < -0.3 is 15.0 Å². The molecule has 6 nitrogen and oxygen atoms in total. The van der Waals surface area contributed by atoms with E-state index in [9.17, 15) is 8.42 Å². The Hall–Kier alpha value is -1.67. The molecule has 0 radical (unpaired) electrons. The molecule has 3 rings (SSSR count). The lowest BCUT2D eigenvalue weighted by Gasteiger charge is -2.31. The summed E-state index contributed by atoms with van der Waals surface area (Å²) in [7, 11) is -2.19. The minimum atomic E-state index is -3.78. The highest BCUT2D eigenvalue weighted by Gasteiger charge is 2.19. The summed E-state index contributed by atoms with van der Waals surface area (Å²) in [5.74, 6) is 0.699. The van der Waals surface area contributed by atoms with Crippen molar-refractivity contribution in [3.05, 3.63) is 46.4 Å². The summed E-state index contributed by atoms with van der Waals surface area (Å²) in [5, 5.41) is 3.78. The molecule has 2 aromatic rings. The zero-order chi connectivity index (χ0) is 18.7. The van der Waals surface area contributed by atoms with Crippen LogP contribution in [0.5, 0.6) is 5.75 Å². The van der Waals surface area contributed by atoms with Gasteiger partial charge in [-0.1, -0.05) is 23.2 Å². The van der Waals surface area contributed by atoms with Crippen LogP contribution in [-0.2, 0) is 10.0 Å². The molecule has 2 N–H and O–H groups in total. The van der Waals surface area contributed by atoms with E-state index >= 15 is 0 Å². The van der Waals surface area contributed by atoms with E-state index in [-0.39, 0.29) is 9.92 Å². The van der Waals surface area contributed by atoms with E-state index in [0.29, 0.717) is 16.5 Å². The van der Waals surface area contributed by atoms with Gasteiger partial charge >= 0.3 is 0 Å². The molecule has 0 amide bonds. The molecule has 0 unspecified atom stereocenters. The van der Waals surface area contributed by atoms with Gasteiger partial charge in [0.2, 0.25) is 0 Å². The first-order chi connectivity index (χ1) is 12.4. The van der Waals surface area contributed by atoms with Crippen LogP contribution in [0.1, 0.15) is 0 Å². The molecular formula is C17H19Cl2N3O3S. The third kappa shape index (κ3) is 4.17. The van der Waals surface area contributed by atoms with Crippen molar-refractivity contribution in [3.63, 3.8) is 0 Å². The highest BCUT2D eigenvalue weighted by atomic mass is 35.5. The van der Waals surface area contributed by atoms with Gasteiger partial charge in [0.05, 0.1) is 33.4 Å². The summed E-state index contributed by atoms with van der Waals surface area (Å²) in [6, 6.07) is 9.39. The monoisotopic (exact) mass is 415 g/mol. The summed E-state index contributed by atoms with van der Waals surface area (Å²) in [6.07, 6.45) is 0. The number of nitrogens with zero attached hydrogens (tertiary/aromatic N) is 1. The maximum Gasteiger partial charge on any atom is 0.261 e. The molecule has 0 aromatic heterocycles. The van der Waals surface area contributed by atoms with Gasteiger partial charge in [0.25, 0.3) is 10.0 Å². The number of anilines is 2. The number of benzene rings is 2. The Kier molecular flexibility index (Phi) is 5.82. The van der Waals surface area contributed by atoms with Crippen molar-refractivity contribution in [1.29, 1.82) is 0 Å². The van der Waals surface area contributed by atoms with E-state index in [4.69, 9.17) is 27.9 Å². The topological polar surface area (TPSA) is 70.7 Å². The molecule has 140 valence electrons. The van der Waals surface area contributed by atoms with Gasteiger partial charge in [0.15, 0.2) is 0 Å². The van der Waals surface area contributed by atoms with Gasteiger partial charge in [0.1, 0.15) is 5.75 Å². The molecule has 0 aliphatic carbocycles. The van der Waals surface area contributed by atoms with Crippen LogP contribution in [0.2, 0.25) is 10.0 Å². The first kappa shape index (κ1) is 19.1. The van der Waals surface area contributed by atoms with Crippen molar-refractivity contribution in [1.82, 2.24) is 5.32 Å². The number of hydrogen-bond acceptors (Lipinski definition) is 5. The Morgan fingerprint density at radius 2 is 1.81 bits per heavy atom. The molecule has 9 heteroatoms. The fraction of sp³-hybridized carbons (Fsp3) is 0.294. The fourth-order valence-electron chi connectivity index (χ4n) is 2.76. The number of nitrogens with one attached hydrogen (secondary N) is 2. The van der Waals surface area contributed by atoms with E-state index in [0.717, 1.165) is 31.9 Å². The lowest BCUT2D eigenvalue weighted by Crippen LogP contribution is -2.43. The summed E-state index contributed by atoms with van der Waals surface area (Å²) < 4.78 is 33.3. The standard InChI is InChI=1S/C17H19Cl2N3O3S/c1-25-17-5-2-12(10-16(17)22-8-6-20-7-9-22)21-26(23,24)13-3-4-14(18)15(19)11-13/h2-5,10-11,20-21H,6-9H2,1H3. The molecule has 1 fully saturated rings. The number of sulfonamides is 1. The molecule has 26 heavy (non-hydrogen) atoms. The Balaban J connectivity index is 1.90. The Morgan fingerprint density at radius 3 is 2.46 bits per heavy atom. The lowest BCUT2D eigenvalue weighted by molar-refractivity contribution is 0.413. The molecule has 0 spiro atoms. The Morgan fingerprint density at radius 1 is 1.08 bits per heavy atom. The van der Waals surface area contributed by atoms with Crippen LogP contribution >= 0.6 is 23.2 Å². The van der Waals surface area contributed by atoms with Crippen molar-refractivity contribution in [2.75, 3.05) is 42.9 Å². The van der Waals surface area contributed by atoms with Crippen LogP contribution in [0.25, 0.3) is 0 Å². The molecule has 0 saturated carbocycles. The van der Waals surface area contributed by atoms with Crippen molar-refractivity contribution >= 4 is 44.6 Å². The highest BCUT2D eigenvalue weighted by molar-refractivity contribution is 7.92. The van der Waals surface area contributed by atoms with E-state index in [1.54, 1.807) is 25.3 Å². The smallest absolute Gasteiger partial charge is 0.261 e. The second-order valence-electron chi connectivity index (χ2n) is 5.81. The molecule has 1 saturated heterocycles. The largest absolute Gasteiger partial charge is 0.495 e. The fourth-order valence-corrected chi connectivity index (χ4v) is 4.20. The SMILES string of the molecule is COc1ccc(NS(=O)(=O)c2ccc(Cl)c(Cl)c2)cc1N1CCNCC1. The first-order valence-corrected chi connectivity index (χ1v) is 10.3. The normalized spacial score (nSPS) is 15.0. The number of piperazine rings is 1. The minimum absolute atomic E-state index is 0.0476. The van der Waals surface area contributed by atoms with Crippen molar-refractivity contribution in [3.8, 4) is 5.75 Å². The first-order valence-electron chi connectivity index (χ1n) is 8.02. The predicted molar refractivity (Wildman–Crippen MR) is 105 cm³/mol. The lowest BCUT2D eigenvalue weighted by atomic mass is 10.2. The predicted octanol–water partition coefficient (Wildman–Crippen LogP) is 3.21. The molecule has 1 aliphatic rings. The number of ether oxygens (including phenoxy) is 1. The quantitative estimate of drug-likeness (QED) is 0.784. The van der Waals surface area contributed by atoms with Gasteiger partial charge in [-0.3, -0.25) is 4.72 Å². The van der Waals surface area contributed by atoms with Gasteiger partial charge in [-0.2, -0.15) is 0 Å². The van der Waals surface area contributed by atoms with Crippen LogP contribution in [0, 0.1) is 0 Å². The van der Waals surface area contributed by atoms with Crippen LogP contribution < -0.4 is 19.7 Å². The third-order valence-corrected chi connectivity index (χ3v) is 6.21. The number of halogens is 2. The summed E-state index contributed by atoms with van der Waals surface area (Å²) >= 11 is 11.8. The van der Waals surface area contributed by atoms with Gasteiger partial charge in [0, 0.05) is 26.2 Å². The van der Waals surface area contributed by atoms with Gasteiger partial charge in [-0.15, -0.1) is 0 Å². The zero-order valence-corrected chi connectivity index (χ0v) is 16.5. The molecule has 1 heterocycles. The number of hydrogen-bond donors (Lipinski definition) is 2.